The molecule has 1 aromatic carbocycles. The smallest absolute Gasteiger partial charge is 0.348 e. The highest BCUT2D eigenvalue weighted by Crippen LogP contribution is 2.15. The van der Waals surface area contributed by atoms with E-state index in [0.717, 1.165) is 16.5 Å². The van der Waals surface area contributed by atoms with Gasteiger partial charge in [0.25, 0.3) is 0 Å². The second kappa shape index (κ2) is 4.49. The van der Waals surface area contributed by atoms with Gasteiger partial charge in [0.2, 0.25) is 0 Å². The van der Waals surface area contributed by atoms with Gasteiger partial charge in [-0.15, -0.1) is 0 Å². The molecule has 0 amide bonds. The van der Waals surface area contributed by atoms with E-state index in [-0.39, 0.29) is 5.57 Å². The molecule has 0 aliphatic rings. The summed E-state index contributed by atoms with van der Waals surface area (Å²) in [5, 5.41) is 16.5. The second-order valence-electron chi connectivity index (χ2n) is 3.38. The van der Waals surface area contributed by atoms with Crippen LogP contribution < -0.4 is 0 Å². The zero-order chi connectivity index (χ0) is 12.3. The summed E-state index contributed by atoms with van der Waals surface area (Å²) in [7, 11) is 1.24. The molecule has 0 spiro atoms. The van der Waals surface area contributed by atoms with Gasteiger partial charge in [-0.25, -0.2) is 4.79 Å². The minimum absolute atomic E-state index is 0.0321. The van der Waals surface area contributed by atoms with Crippen LogP contribution in [0.1, 0.15) is 5.56 Å². The number of methoxy groups -OCH3 is 1. The van der Waals surface area contributed by atoms with E-state index in [1.54, 1.807) is 18.3 Å². The summed E-state index contributed by atoms with van der Waals surface area (Å²) >= 11 is 0. The van der Waals surface area contributed by atoms with Crippen molar-refractivity contribution >= 4 is 22.9 Å². The molecule has 5 heteroatoms. The van der Waals surface area contributed by atoms with Gasteiger partial charge >= 0.3 is 5.97 Å². The Kier molecular flexibility index (Phi) is 2.88. The molecule has 1 heterocycles. The summed E-state index contributed by atoms with van der Waals surface area (Å²) in [5.74, 6) is -0.639. The van der Waals surface area contributed by atoms with E-state index in [9.17, 15) is 4.79 Å². The number of carbonyl (C=O) groups is 1. The fourth-order valence-electron chi connectivity index (χ4n) is 1.46. The van der Waals surface area contributed by atoms with Gasteiger partial charge in [0.15, 0.2) is 0 Å². The second-order valence-corrected chi connectivity index (χ2v) is 3.38. The van der Waals surface area contributed by atoms with Gasteiger partial charge in [-0.1, -0.05) is 6.07 Å². The zero-order valence-corrected chi connectivity index (χ0v) is 9.10. The van der Waals surface area contributed by atoms with Crippen LogP contribution in [0, 0.1) is 11.3 Å². The van der Waals surface area contributed by atoms with Crippen molar-refractivity contribution in [1.82, 2.24) is 10.2 Å². The highest BCUT2D eigenvalue weighted by molar-refractivity contribution is 5.98. The number of hydrogen-bond acceptors (Lipinski definition) is 4. The number of fused-ring (bicyclic) bond motifs is 1. The monoisotopic (exact) mass is 227 g/mol. The van der Waals surface area contributed by atoms with Gasteiger partial charge in [-0.3, -0.25) is 5.10 Å². The average Bonchev–Trinajstić information content (AvgIpc) is 2.82. The molecule has 2 aromatic rings. The van der Waals surface area contributed by atoms with Crippen LogP contribution in [0.3, 0.4) is 0 Å². The Morgan fingerprint density at radius 1 is 1.59 bits per heavy atom. The molecular formula is C12H9N3O2. The van der Waals surface area contributed by atoms with E-state index in [0.29, 0.717) is 0 Å². The number of H-pyrrole nitrogens is 1. The number of benzene rings is 1. The van der Waals surface area contributed by atoms with Crippen LogP contribution in [0.5, 0.6) is 0 Å². The fraction of sp³-hybridized carbons (Fsp3) is 0.0833. The maximum absolute atomic E-state index is 11.2. The molecule has 0 aliphatic carbocycles. The third-order valence-corrected chi connectivity index (χ3v) is 2.30. The lowest BCUT2D eigenvalue weighted by molar-refractivity contribution is -0.135. The van der Waals surface area contributed by atoms with Crippen molar-refractivity contribution in [2.24, 2.45) is 0 Å². The Balaban J connectivity index is 2.43. The number of aromatic nitrogens is 2. The number of hydrogen-bond donors (Lipinski definition) is 1. The minimum Gasteiger partial charge on any atom is -0.465 e. The molecule has 84 valence electrons. The van der Waals surface area contributed by atoms with E-state index in [1.807, 2.05) is 12.1 Å². The highest BCUT2D eigenvalue weighted by Gasteiger charge is 2.08. The van der Waals surface area contributed by atoms with Crippen molar-refractivity contribution in [2.75, 3.05) is 7.11 Å². The molecule has 17 heavy (non-hydrogen) atoms. The van der Waals surface area contributed by atoms with Crippen molar-refractivity contribution in [3.63, 3.8) is 0 Å². The third-order valence-electron chi connectivity index (χ3n) is 2.30. The summed E-state index contributed by atoms with van der Waals surface area (Å²) in [5.41, 5.74) is 1.62. The highest BCUT2D eigenvalue weighted by atomic mass is 16.5. The predicted molar refractivity (Wildman–Crippen MR) is 61.7 cm³/mol. The molecule has 0 bridgehead atoms. The Morgan fingerprint density at radius 2 is 2.41 bits per heavy atom. The van der Waals surface area contributed by atoms with E-state index in [2.05, 4.69) is 14.9 Å². The van der Waals surface area contributed by atoms with E-state index in [1.165, 1.54) is 13.2 Å². The first kappa shape index (κ1) is 10.9. The van der Waals surface area contributed by atoms with Gasteiger partial charge in [0.1, 0.15) is 11.6 Å². The van der Waals surface area contributed by atoms with Gasteiger partial charge in [-0.2, -0.15) is 10.4 Å². The predicted octanol–water partition coefficient (Wildman–Crippen LogP) is 1.64. The topological polar surface area (TPSA) is 78.8 Å². The first-order chi connectivity index (χ1) is 8.24. The van der Waals surface area contributed by atoms with Crippen LogP contribution in [0.2, 0.25) is 0 Å². The summed E-state index contributed by atoms with van der Waals surface area (Å²) in [4.78, 5) is 11.2. The minimum atomic E-state index is -0.639. The number of rotatable bonds is 2. The maximum Gasteiger partial charge on any atom is 0.348 e. The Hall–Kier alpha value is -2.61. The van der Waals surface area contributed by atoms with Crippen LogP contribution in [0.25, 0.3) is 17.0 Å². The number of ether oxygens (including phenoxy) is 1. The molecule has 0 fully saturated rings. The molecule has 0 aliphatic heterocycles. The lowest BCUT2D eigenvalue weighted by atomic mass is 10.1. The molecule has 0 atom stereocenters. The van der Waals surface area contributed by atoms with Crippen LogP contribution >= 0.6 is 0 Å². The summed E-state index contributed by atoms with van der Waals surface area (Å²) in [6.45, 7) is 0. The Morgan fingerprint density at radius 3 is 3.12 bits per heavy atom. The van der Waals surface area contributed by atoms with Gasteiger partial charge < -0.3 is 4.74 Å². The van der Waals surface area contributed by atoms with E-state index >= 15 is 0 Å². The number of nitriles is 1. The maximum atomic E-state index is 11.2. The van der Waals surface area contributed by atoms with Crippen molar-refractivity contribution in [3.8, 4) is 6.07 Å². The number of aromatic amines is 1. The molecular weight excluding hydrogens is 218 g/mol. The lowest BCUT2D eigenvalue weighted by Crippen LogP contribution is -2.02. The SMILES string of the molecule is COC(=O)/C(C#N)=C\c1ccc2[nH]ncc2c1. The number of esters is 1. The van der Waals surface area contributed by atoms with E-state index < -0.39 is 5.97 Å². The van der Waals surface area contributed by atoms with Gasteiger partial charge in [-0.05, 0) is 23.8 Å². The molecule has 2 rings (SSSR count). The molecule has 1 N–H and O–H groups in total. The fourth-order valence-corrected chi connectivity index (χ4v) is 1.46. The first-order valence-electron chi connectivity index (χ1n) is 4.88. The van der Waals surface area contributed by atoms with Crippen LogP contribution in [-0.2, 0) is 9.53 Å². The van der Waals surface area contributed by atoms with Crippen LogP contribution in [0.15, 0.2) is 30.0 Å². The molecule has 0 saturated carbocycles. The van der Waals surface area contributed by atoms with Gasteiger partial charge in [0.05, 0.1) is 18.8 Å². The Labute approximate surface area is 97.3 Å². The van der Waals surface area contributed by atoms with Crippen LogP contribution in [-0.4, -0.2) is 23.3 Å². The third kappa shape index (κ3) is 2.16. The number of carbonyl (C=O) groups excluding carboxylic acids is 1. The standard InChI is InChI=1S/C12H9N3O2/c1-17-12(16)9(6-13)4-8-2-3-11-10(5-8)7-14-15-11/h2-5,7H,1H3,(H,14,15)/b9-4-. The normalized spacial score (nSPS) is 11.2. The molecule has 0 saturated heterocycles. The quantitative estimate of drug-likeness (QED) is 0.480. The zero-order valence-electron chi connectivity index (χ0n) is 9.10. The lowest BCUT2D eigenvalue weighted by Gasteiger charge is -1.97. The first-order valence-corrected chi connectivity index (χ1v) is 4.88. The van der Waals surface area contributed by atoms with Crippen molar-refractivity contribution in [1.29, 1.82) is 5.26 Å². The van der Waals surface area contributed by atoms with Crippen molar-refractivity contribution in [3.05, 3.63) is 35.5 Å². The average molecular weight is 227 g/mol. The number of nitrogens with one attached hydrogen (secondary N) is 1. The van der Waals surface area contributed by atoms with Gasteiger partial charge in [0, 0.05) is 5.39 Å². The molecule has 0 radical (unpaired) electrons. The van der Waals surface area contributed by atoms with Crippen molar-refractivity contribution in [2.45, 2.75) is 0 Å². The summed E-state index contributed by atoms with van der Waals surface area (Å²) in [6.07, 6.45) is 3.16. The molecule has 0 unspecified atom stereocenters. The largest absolute Gasteiger partial charge is 0.465 e. The Bertz CT molecular complexity index is 634. The van der Waals surface area contributed by atoms with Crippen LogP contribution in [0.4, 0.5) is 0 Å². The molecule has 1 aromatic heterocycles. The molecule has 5 nitrogen and oxygen atoms in total. The summed E-state index contributed by atoms with van der Waals surface area (Å²) < 4.78 is 4.50. The summed E-state index contributed by atoms with van der Waals surface area (Å²) in [6, 6.07) is 7.26. The van der Waals surface area contributed by atoms with E-state index in [4.69, 9.17) is 5.26 Å². The number of nitrogens with zero attached hydrogens (tertiary/aromatic N) is 2. The van der Waals surface area contributed by atoms with Crippen molar-refractivity contribution < 1.29 is 9.53 Å².